The molecule has 4 aliphatic rings. The van der Waals surface area contributed by atoms with Crippen molar-refractivity contribution in [1.82, 2.24) is 4.90 Å². The van der Waals surface area contributed by atoms with Crippen molar-refractivity contribution in [3.8, 4) is 0 Å². The van der Waals surface area contributed by atoms with Crippen molar-refractivity contribution in [2.24, 2.45) is 17.8 Å². The summed E-state index contributed by atoms with van der Waals surface area (Å²) in [6.45, 7) is 5.22. The Bertz CT molecular complexity index is 534. The van der Waals surface area contributed by atoms with E-state index in [2.05, 4.69) is 24.8 Å². The summed E-state index contributed by atoms with van der Waals surface area (Å²) in [6.07, 6.45) is 5.39. The number of halogens is 1. The average molecular weight is 328 g/mol. The Kier molecular flexibility index (Phi) is 3.67. The summed E-state index contributed by atoms with van der Waals surface area (Å²) in [5.74, 6) is 0.636. The maximum Gasteiger partial charge on any atom is 0.310 e. The molecule has 2 aliphatic heterocycles. The van der Waals surface area contributed by atoms with Gasteiger partial charge < -0.3 is 14.4 Å². The monoisotopic (exact) mass is 327 g/mol. The van der Waals surface area contributed by atoms with E-state index < -0.39 is 0 Å². The Morgan fingerprint density at radius 2 is 2.14 bits per heavy atom. The number of fused-ring (bicyclic) bond motifs is 2. The number of esters is 1. The fourth-order valence-corrected chi connectivity index (χ4v) is 5.19. The molecule has 6 atom stereocenters. The van der Waals surface area contributed by atoms with E-state index in [0.717, 1.165) is 25.8 Å². The molecule has 0 bridgehead atoms. The Labute approximate surface area is 138 Å². The first-order valence-corrected chi connectivity index (χ1v) is 8.10. The van der Waals surface area contributed by atoms with E-state index in [0.29, 0.717) is 5.92 Å². The van der Waals surface area contributed by atoms with Crippen LogP contribution in [0.4, 0.5) is 0 Å². The maximum atomic E-state index is 12.4. The third-order valence-corrected chi connectivity index (χ3v) is 6.32. The normalized spacial score (nSPS) is 48.6. The van der Waals surface area contributed by atoms with Gasteiger partial charge in [-0.25, -0.2) is 0 Å². The predicted molar refractivity (Wildman–Crippen MR) is 86.0 cm³/mol. The minimum atomic E-state index is -0.0796. The van der Waals surface area contributed by atoms with Gasteiger partial charge in [-0.1, -0.05) is 11.6 Å². The minimum Gasteiger partial charge on any atom is -0.461 e. The zero-order chi connectivity index (χ0) is 15.0. The second-order valence-corrected chi connectivity index (χ2v) is 7.83. The number of hydrogen-bond acceptors (Lipinski definition) is 4. The van der Waals surface area contributed by atoms with Crippen LogP contribution in [0.25, 0.3) is 0 Å². The van der Waals surface area contributed by atoms with Crippen molar-refractivity contribution in [2.45, 2.75) is 50.4 Å². The Hall–Kier alpha value is -0.580. The van der Waals surface area contributed by atoms with Crippen LogP contribution in [-0.4, -0.2) is 48.8 Å². The molecule has 2 heterocycles. The molecule has 2 saturated heterocycles. The van der Waals surface area contributed by atoms with Crippen molar-refractivity contribution >= 4 is 18.4 Å². The highest BCUT2D eigenvalue weighted by Gasteiger charge is 2.75. The van der Waals surface area contributed by atoms with Crippen LogP contribution >= 0.6 is 12.4 Å². The van der Waals surface area contributed by atoms with Gasteiger partial charge in [0.25, 0.3) is 0 Å². The van der Waals surface area contributed by atoms with Gasteiger partial charge in [0.05, 0.1) is 11.5 Å². The molecular weight excluding hydrogens is 302 g/mol. The number of epoxide rings is 1. The lowest BCUT2D eigenvalue weighted by atomic mass is 9.77. The third kappa shape index (κ3) is 1.93. The van der Waals surface area contributed by atoms with Gasteiger partial charge in [-0.05, 0) is 47.2 Å². The molecule has 0 aromatic heterocycles. The lowest BCUT2D eigenvalue weighted by Gasteiger charge is -2.28. The van der Waals surface area contributed by atoms with E-state index in [1.165, 1.54) is 5.57 Å². The molecule has 1 spiro atoms. The van der Waals surface area contributed by atoms with Crippen molar-refractivity contribution in [3.63, 3.8) is 0 Å². The van der Waals surface area contributed by atoms with Crippen LogP contribution < -0.4 is 0 Å². The molecule has 0 aromatic carbocycles. The summed E-state index contributed by atoms with van der Waals surface area (Å²) in [5, 5.41) is 0. The van der Waals surface area contributed by atoms with Gasteiger partial charge in [-0.15, -0.1) is 12.4 Å². The molecule has 0 radical (unpaired) electrons. The van der Waals surface area contributed by atoms with Crippen LogP contribution in [0.2, 0.25) is 0 Å². The summed E-state index contributed by atoms with van der Waals surface area (Å²) >= 11 is 0. The van der Waals surface area contributed by atoms with Crippen LogP contribution in [0.15, 0.2) is 11.6 Å². The predicted octanol–water partition coefficient (Wildman–Crippen LogP) is 2.42. The molecule has 5 heteroatoms. The first-order chi connectivity index (χ1) is 9.88. The molecule has 4 nitrogen and oxygen atoms in total. The standard InChI is InChI=1S/C17H25NO3.ClH/c1-10-5-8-17-13(10)14-11(6-7-16(17,2)21-17)12(9-18(3)4)15(19)20-14;/h5,11-14H,6-9H2,1-4H3;1H/t11-,12-,13+,14-,16+,17+;/m0./s1. The second-order valence-electron chi connectivity index (χ2n) is 7.83. The van der Waals surface area contributed by atoms with E-state index in [-0.39, 0.29) is 47.5 Å². The van der Waals surface area contributed by atoms with Gasteiger partial charge in [0, 0.05) is 18.4 Å². The topological polar surface area (TPSA) is 42.1 Å². The van der Waals surface area contributed by atoms with Crippen molar-refractivity contribution in [1.29, 1.82) is 0 Å². The number of hydrogen-bond donors (Lipinski definition) is 0. The number of rotatable bonds is 2. The fourth-order valence-electron chi connectivity index (χ4n) is 5.19. The maximum absolute atomic E-state index is 12.4. The lowest BCUT2D eigenvalue weighted by Crippen LogP contribution is -2.38. The van der Waals surface area contributed by atoms with Crippen LogP contribution in [-0.2, 0) is 14.3 Å². The van der Waals surface area contributed by atoms with Gasteiger partial charge in [0.15, 0.2) is 0 Å². The molecule has 124 valence electrons. The number of carbonyl (C=O) groups is 1. The summed E-state index contributed by atoms with van der Waals surface area (Å²) in [7, 11) is 4.06. The summed E-state index contributed by atoms with van der Waals surface area (Å²) in [6, 6.07) is 0. The second kappa shape index (κ2) is 4.96. The molecule has 1 saturated carbocycles. The molecule has 0 unspecified atom stereocenters. The molecular formula is C17H26ClNO3. The zero-order valence-electron chi connectivity index (χ0n) is 13.8. The molecule has 22 heavy (non-hydrogen) atoms. The van der Waals surface area contributed by atoms with Gasteiger partial charge in [0.1, 0.15) is 11.7 Å². The molecule has 0 amide bonds. The fraction of sp³-hybridized carbons (Fsp3) is 0.824. The molecule has 4 rings (SSSR count). The van der Waals surface area contributed by atoms with E-state index in [4.69, 9.17) is 9.47 Å². The van der Waals surface area contributed by atoms with E-state index in [1.807, 2.05) is 14.1 Å². The van der Waals surface area contributed by atoms with E-state index >= 15 is 0 Å². The first kappa shape index (κ1) is 16.3. The molecule has 0 N–H and O–H groups in total. The Balaban J connectivity index is 0.00000144. The van der Waals surface area contributed by atoms with Gasteiger partial charge in [-0.2, -0.15) is 0 Å². The zero-order valence-corrected chi connectivity index (χ0v) is 14.6. The Morgan fingerprint density at radius 1 is 1.41 bits per heavy atom. The van der Waals surface area contributed by atoms with Crippen LogP contribution in [0, 0.1) is 17.8 Å². The van der Waals surface area contributed by atoms with Gasteiger partial charge >= 0.3 is 5.97 Å². The van der Waals surface area contributed by atoms with Crippen molar-refractivity contribution < 1.29 is 14.3 Å². The van der Waals surface area contributed by atoms with E-state index in [1.54, 1.807) is 0 Å². The smallest absolute Gasteiger partial charge is 0.310 e. The average Bonchev–Trinajstić information content (AvgIpc) is 2.71. The summed E-state index contributed by atoms with van der Waals surface area (Å²) in [4.78, 5) is 14.5. The van der Waals surface area contributed by atoms with E-state index in [9.17, 15) is 4.79 Å². The van der Waals surface area contributed by atoms with Gasteiger partial charge in [-0.3, -0.25) is 4.79 Å². The largest absolute Gasteiger partial charge is 0.461 e. The third-order valence-electron chi connectivity index (χ3n) is 6.32. The number of ether oxygens (including phenoxy) is 2. The van der Waals surface area contributed by atoms with Crippen molar-refractivity contribution in [3.05, 3.63) is 11.6 Å². The van der Waals surface area contributed by atoms with Crippen molar-refractivity contribution in [2.75, 3.05) is 20.6 Å². The molecule has 0 aromatic rings. The van der Waals surface area contributed by atoms with Crippen LogP contribution in [0.3, 0.4) is 0 Å². The highest BCUT2D eigenvalue weighted by atomic mass is 35.5. The summed E-state index contributed by atoms with van der Waals surface area (Å²) < 4.78 is 12.1. The summed E-state index contributed by atoms with van der Waals surface area (Å²) in [5.41, 5.74) is 1.27. The number of carbonyl (C=O) groups excluding carboxylic acids is 1. The van der Waals surface area contributed by atoms with Crippen LogP contribution in [0.5, 0.6) is 0 Å². The Morgan fingerprint density at radius 3 is 2.82 bits per heavy atom. The molecule has 2 aliphatic carbocycles. The highest BCUT2D eigenvalue weighted by Crippen LogP contribution is 2.67. The highest BCUT2D eigenvalue weighted by molar-refractivity contribution is 5.85. The number of nitrogens with zero attached hydrogens (tertiary/aromatic N) is 1. The SMILES string of the molecule is CC1=CC[C@]23O[C@]2(C)CC[C@@H]2[C@H](OC(=O)[C@H]2CN(C)C)[C@@H]13.Cl. The molecule has 3 fully saturated rings. The van der Waals surface area contributed by atoms with Gasteiger partial charge in [0.2, 0.25) is 0 Å². The minimum absolute atomic E-state index is 0. The quantitative estimate of drug-likeness (QED) is 0.444. The van der Waals surface area contributed by atoms with Crippen LogP contribution in [0.1, 0.15) is 33.1 Å². The lowest BCUT2D eigenvalue weighted by molar-refractivity contribution is -0.146. The first-order valence-electron chi connectivity index (χ1n) is 8.10.